The molecule has 0 fully saturated rings. The van der Waals surface area contributed by atoms with Gasteiger partial charge in [0, 0.05) is 6.54 Å². The maximum atomic E-state index is 12.9. The second kappa shape index (κ2) is 12.7. The Balaban J connectivity index is 1.43. The highest BCUT2D eigenvalue weighted by Gasteiger charge is 2.19. The highest BCUT2D eigenvalue weighted by molar-refractivity contribution is 7.78. The number of carbonyl (C=O) groups excluding carboxylic acids is 2. The molecule has 4 aromatic carbocycles. The predicted molar refractivity (Wildman–Crippen MR) is 148 cm³/mol. The minimum atomic E-state index is -0.505. The van der Waals surface area contributed by atoms with Crippen LogP contribution in [0.3, 0.4) is 0 Å². The molecule has 3 N–H and O–H groups in total. The first-order chi connectivity index (χ1) is 17.6. The lowest BCUT2D eigenvalue weighted by molar-refractivity contribution is -0.126. The Morgan fingerprint density at radius 3 is 1.61 bits per heavy atom. The van der Waals surface area contributed by atoms with E-state index in [2.05, 4.69) is 88.8 Å². The van der Waals surface area contributed by atoms with Gasteiger partial charge in [0.25, 0.3) is 0 Å². The number of rotatable bonds is 10. The van der Waals surface area contributed by atoms with Gasteiger partial charge in [-0.3, -0.25) is 9.59 Å². The standard InChI is InChI=1S/C30H29N3O2S/c34-29(33-36)21-32-30(35)28(19-22-11-15-26(16-12-22)24-7-3-1-4-8-24)31-20-23-13-17-27(18-14-23)25-9-5-2-6-10-25/h1-18,28,31,36H,19-21H2,(H,32,35)(H,33,34). The van der Waals surface area contributed by atoms with Crippen LogP contribution in [0.4, 0.5) is 0 Å². The van der Waals surface area contributed by atoms with Gasteiger partial charge in [-0.05, 0) is 39.8 Å². The van der Waals surface area contributed by atoms with Crippen molar-refractivity contribution in [2.45, 2.75) is 19.0 Å². The number of hydrogen-bond donors (Lipinski definition) is 4. The molecule has 4 aromatic rings. The molecule has 1 unspecified atom stereocenters. The van der Waals surface area contributed by atoms with Crippen molar-refractivity contribution in [3.8, 4) is 22.3 Å². The molecule has 1 atom stereocenters. The van der Waals surface area contributed by atoms with E-state index in [9.17, 15) is 9.59 Å². The van der Waals surface area contributed by atoms with E-state index in [1.807, 2.05) is 48.5 Å². The molecule has 0 aliphatic rings. The predicted octanol–water partition coefficient (Wildman–Crippen LogP) is 4.80. The summed E-state index contributed by atoms with van der Waals surface area (Å²) < 4.78 is 2.23. The number of benzene rings is 4. The van der Waals surface area contributed by atoms with Crippen molar-refractivity contribution in [2.75, 3.05) is 6.54 Å². The van der Waals surface area contributed by atoms with Crippen molar-refractivity contribution in [3.63, 3.8) is 0 Å². The smallest absolute Gasteiger partial charge is 0.249 e. The Morgan fingerprint density at radius 2 is 1.11 bits per heavy atom. The summed E-state index contributed by atoms with van der Waals surface area (Å²) in [5, 5.41) is 6.06. The highest BCUT2D eigenvalue weighted by Crippen LogP contribution is 2.21. The monoisotopic (exact) mass is 495 g/mol. The highest BCUT2D eigenvalue weighted by atomic mass is 32.1. The third kappa shape index (κ3) is 7.07. The lowest BCUT2D eigenvalue weighted by Crippen LogP contribution is -2.47. The van der Waals surface area contributed by atoms with Gasteiger partial charge in [0.05, 0.1) is 12.6 Å². The molecule has 0 heterocycles. The molecule has 6 heteroatoms. The van der Waals surface area contributed by atoms with Crippen LogP contribution in [-0.4, -0.2) is 24.4 Å². The lowest BCUT2D eigenvalue weighted by Gasteiger charge is -2.19. The summed E-state index contributed by atoms with van der Waals surface area (Å²) in [6.07, 6.45) is 0.492. The third-order valence-electron chi connectivity index (χ3n) is 5.98. The number of nitrogens with one attached hydrogen (secondary N) is 3. The van der Waals surface area contributed by atoms with E-state index in [0.717, 1.165) is 33.4 Å². The zero-order valence-electron chi connectivity index (χ0n) is 19.9. The van der Waals surface area contributed by atoms with Gasteiger partial charge in [-0.25, -0.2) is 0 Å². The van der Waals surface area contributed by atoms with E-state index >= 15 is 0 Å². The van der Waals surface area contributed by atoms with Gasteiger partial charge in [-0.15, -0.1) is 0 Å². The van der Waals surface area contributed by atoms with Gasteiger partial charge in [0.15, 0.2) is 0 Å². The van der Waals surface area contributed by atoms with Crippen LogP contribution in [0.5, 0.6) is 0 Å². The van der Waals surface area contributed by atoms with Crippen molar-refractivity contribution in [1.82, 2.24) is 15.4 Å². The average Bonchev–Trinajstić information content (AvgIpc) is 2.95. The summed E-state index contributed by atoms with van der Waals surface area (Å²) >= 11 is 3.75. The molecule has 4 rings (SSSR count). The summed E-state index contributed by atoms with van der Waals surface area (Å²) in [6.45, 7) is 0.396. The maximum Gasteiger partial charge on any atom is 0.249 e. The Bertz CT molecular complexity index is 1260. The van der Waals surface area contributed by atoms with Gasteiger partial charge in [-0.2, -0.15) is 0 Å². The molecular weight excluding hydrogens is 466 g/mol. The number of thiol groups is 1. The summed E-state index contributed by atoms with van der Waals surface area (Å²) in [7, 11) is 0. The van der Waals surface area contributed by atoms with Crippen molar-refractivity contribution < 1.29 is 9.59 Å². The maximum absolute atomic E-state index is 12.9. The fourth-order valence-corrected chi connectivity index (χ4v) is 4.05. The van der Waals surface area contributed by atoms with E-state index in [4.69, 9.17) is 0 Å². The Kier molecular flexibility index (Phi) is 8.92. The molecular formula is C30H29N3O2S. The third-order valence-corrected chi connectivity index (χ3v) is 6.23. The lowest BCUT2D eigenvalue weighted by atomic mass is 10.00. The Hall–Kier alpha value is -3.87. The van der Waals surface area contributed by atoms with Gasteiger partial charge >= 0.3 is 0 Å². The van der Waals surface area contributed by atoms with Crippen LogP contribution in [-0.2, 0) is 22.6 Å². The van der Waals surface area contributed by atoms with E-state index in [1.54, 1.807) is 0 Å². The summed E-state index contributed by atoms with van der Waals surface area (Å²) in [5.41, 5.74) is 6.67. The summed E-state index contributed by atoms with van der Waals surface area (Å²) in [5.74, 6) is -0.603. The Labute approximate surface area is 217 Å². The van der Waals surface area contributed by atoms with Gasteiger partial charge < -0.3 is 15.4 Å². The Morgan fingerprint density at radius 1 is 0.639 bits per heavy atom. The molecule has 5 nitrogen and oxygen atoms in total. The molecule has 182 valence electrons. The van der Waals surface area contributed by atoms with Crippen LogP contribution < -0.4 is 15.4 Å². The van der Waals surface area contributed by atoms with Crippen molar-refractivity contribution in [2.24, 2.45) is 0 Å². The van der Waals surface area contributed by atoms with Crippen molar-refractivity contribution in [3.05, 3.63) is 120 Å². The zero-order valence-corrected chi connectivity index (χ0v) is 20.7. The van der Waals surface area contributed by atoms with Crippen LogP contribution in [0.25, 0.3) is 22.3 Å². The van der Waals surface area contributed by atoms with Crippen molar-refractivity contribution >= 4 is 24.6 Å². The van der Waals surface area contributed by atoms with Crippen LogP contribution >= 0.6 is 12.8 Å². The minimum Gasteiger partial charge on any atom is -0.346 e. The van der Waals surface area contributed by atoms with Gasteiger partial charge in [0.1, 0.15) is 0 Å². The van der Waals surface area contributed by atoms with Gasteiger partial charge in [0.2, 0.25) is 11.8 Å². The molecule has 0 saturated carbocycles. The fraction of sp³-hybridized carbons (Fsp3) is 0.133. The van der Waals surface area contributed by atoms with Crippen LogP contribution in [0.15, 0.2) is 109 Å². The largest absolute Gasteiger partial charge is 0.346 e. The van der Waals surface area contributed by atoms with E-state index in [-0.39, 0.29) is 18.4 Å². The molecule has 36 heavy (non-hydrogen) atoms. The first-order valence-corrected chi connectivity index (χ1v) is 12.3. The second-order valence-corrected chi connectivity index (χ2v) is 8.74. The van der Waals surface area contributed by atoms with E-state index in [0.29, 0.717) is 13.0 Å². The normalized spacial score (nSPS) is 11.5. The molecule has 0 saturated heterocycles. The first-order valence-electron chi connectivity index (χ1n) is 11.8. The summed E-state index contributed by atoms with van der Waals surface area (Å²) in [6, 6.07) is 36.4. The zero-order chi connectivity index (χ0) is 25.2. The van der Waals surface area contributed by atoms with Gasteiger partial charge in [-0.1, -0.05) is 122 Å². The quantitative estimate of drug-likeness (QED) is 0.239. The topological polar surface area (TPSA) is 70.2 Å². The SMILES string of the molecule is O=C(CNC(=O)C(Cc1ccc(-c2ccccc2)cc1)NCc1ccc(-c2ccccc2)cc1)NS. The second-order valence-electron chi connectivity index (χ2n) is 8.52. The number of hydrogen-bond acceptors (Lipinski definition) is 4. The molecule has 0 radical (unpaired) electrons. The summed E-state index contributed by atoms with van der Waals surface area (Å²) in [4.78, 5) is 24.5. The average molecular weight is 496 g/mol. The van der Waals surface area contributed by atoms with Crippen LogP contribution in [0.1, 0.15) is 11.1 Å². The number of carbonyl (C=O) groups is 2. The van der Waals surface area contributed by atoms with Crippen molar-refractivity contribution in [1.29, 1.82) is 0 Å². The molecule has 0 aromatic heterocycles. The fourth-order valence-electron chi connectivity index (χ4n) is 3.97. The molecule has 0 aliphatic carbocycles. The van der Waals surface area contributed by atoms with E-state index < -0.39 is 6.04 Å². The van der Waals surface area contributed by atoms with Crippen LogP contribution in [0.2, 0.25) is 0 Å². The first kappa shape index (κ1) is 25.2. The van der Waals surface area contributed by atoms with Crippen LogP contribution in [0, 0.1) is 0 Å². The molecule has 0 spiro atoms. The molecule has 0 bridgehead atoms. The molecule has 2 amide bonds. The van der Waals surface area contributed by atoms with E-state index in [1.165, 1.54) is 0 Å². The minimum absolute atomic E-state index is 0.126. The number of amides is 2. The molecule has 0 aliphatic heterocycles.